The Morgan fingerprint density at radius 3 is 1.76 bits per heavy atom. The van der Waals surface area contributed by atoms with Gasteiger partial charge in [0, 0.05) is 64.0 Å². The van der Waals surface area contributed by atoms with E-state index in [0.717, 1.165) is 61.2 Å². The van der Waals surface area contributed by atoms with Crippen LogP contribution in [0.15, 0.2) is 101 Å². The number of nitriles is 1. The molecule has 252 valence electrons. The summed E-state index contributed by atoms with van der Waals surface area (Å²) >= 11 is 0. The maximum Gasteiger partial charge on any atom is 0.270 e. The third-order valence-electron chi connectivity index (χ3n) is 9.86. The van der Waals surface area contributed by atoms with Gasteiger partial charge in [0.05, 0.1) is 40.8 Å². The molecule has 0 saturated heterocycles. The van der Waals surface area contributed by atoms with E-state index in [0.29, 0.717) is 27.7 Å². The smallest absolute Gasteiger partial charge is 0.270 e. The minimum Gasteiger partial charge on any atom is -0.872 e. The molecular formula is C43H38N6O2. The molecule has 1 N–H and O–H groups in total. The molecule has 0 aromatic heterocycles. The van der Waals surface area contributed by atoms with Crippen LogP contribution in [0.5, 0.6) is 5.75 Å². The number of aromatic hydroxyl groups is 1. The molecule has 8 heteroatoms. The predicted molar refractivity (Wildman–Crippen MR) is 206 cm³/mol. The lowest BCUT2D eigenvalue weighted by Gasteiger charge is -2.41. The number of fused-ring (bicyclic) bond motifs is 4. The Kier molecular flexibility index (Phi) is 7.84. The van der Waals surface area contributed by atoms with Gasteiger partial charge in [-0.3, -0.25) is 0 Å². The zero-order valence-corrected chi connectivity index (χ0v) is 30.0. The van der Waals surface area contributed by atoms with E-state index in [1.165, 1.54) is 0 Å². The molecule has 0 amide bonds. The molecule has 8 nitrogen and oxygen atoms in total. The fraction of sp³-hybridized carbons (Fsp3) is 0.186. The number of phenolic OH excluding ortho intramolecular Hbond substituents is 1. The fourth-order valence-corrected chi connectivity index (χ4v) is 7.92. The molecule has 5 aromatic rings. The van der Waals surface area contributed by atoms with E-state index >= 15 is 5.11 Å². The summed E-state index contributed by atoms with van der Waals surface area (Å²) in [6.45, 7) is 8.18. The number of benzene rings is 5. The fourth-order valence-electron chi connectivity index (χ4n) is 7.92. The molecule has 0 radical (unpaired) electrons. The van der Waals surface area contributed by atoms with E-state index in [9.17, 15) is 10.4 Å². The van der Waals surface area contributed by atoms with E-state index in [-0.39, 0.29) is 22.8 Å². The van der Waals surface area contributed by atoms with Gasteiger partial charge >= 0.3 is 0 Å². The topological polar surface area (TPSA) is 84.2 Å². The van der Waals surface area contributed by atoms with Gasteiger partial charge in [0.2, 0.25) is 5.71 Å². The van der Waals surface area contributed by atoms with E-state index in [4.69, 9.17) is 6.57 Å². The van der Waals surface area contributed by atoms with Crippen molar-refractivity contribution in [3.05, 3.63) is 141 Å². The number of phenols is 1. The van der Waals surface area contributed by atoms with Gasteiger partial charge in [-0.2, -0.15) is 0 Å². The van der Waals surface area contributed by atoms with Crippen LogP contribution in [0.3, 0.4) is 0 Å². The van der Waals surface area contributed by atoms with Crippen molar-refractivity contribution >= 4 is 55.5 Å². The molecule has 2 aliphatic rings. The molecule has 7 rings (SSSR count). The number of rotatable bonds is 4. The van der Waals surface area contributed by atoms with E-state index in [1.807, 2.05) is 116 Å². The number of nitrogens with zero attached hydrogens (tertiary/aromatic N) is 6. The molecule has 0 spiro atoms. The minimum absolute atomic E-state index is 0.0169. The van der Waals surface area contributed by atoms with Crippen molar-refractivity contribution in [2.75, 3.05) is 71.1 Å². The molecule has 51 heavy (non-hydrogen) atoms. The SMILES string of the molecule is [C-]#[N+]/C(C#N)=C1\C(=C2c3cccc(N(C)C)c3C(=[N+](C)C)c3c2cccc3N(C)C)C([O-])=C1c1c2ccccc2c(N(C)C)c2cccc(O)c12. The van der Waals surface area contributed by atoms with Crippen molar-refractivity contribution in [3.8, 4) is 11.8 Å². The summed E-state index contributed by atoms with van der Waals surface area (Å²) in [7, 11) is 16.0. The van der Waals surface area contributed by atoms with Crippen molar-refractivity contribution < 1.29 is 14.8 Å². The van der Waals surface area contributed by atoms with Crippen molar-refractivity contribution in [1.29, 1.82) is 5.26 Å². The summed E-state index contributed by atoms with van der Waals surface area (Å²) in [6, 6.07) is 27.4. The van der Waals surface area contributed by atoms with Crippen molar-refractivity contribution in [3.63, 3.8) is 0 Å². The number of anilines is 3. The molecule has 5 aromatic carbocycles. The van der Waals surface area contributed by atoms with Crippen LogP contribution in [0.2, 0.25) is 0 Å². The molecule has 0 unspecified atom stereocenters. The van der Waals surface area contributed by atoms with Gasteiger partial charge in [-0.25, -0.2) is 14.7 Å². The first-order valence-electron chi connectivity index (χ1n) is 16.6. The maximum absolute atomic E-state index is 15.2. The van der Waals surface area contributed by atoms with E-state index < -0.39 is 0 Å². The van der Waals surface area contributed by atoms with Crippen LogP contribution in [0.25, 0.3) is 37.5 Å². The molecule has 0 aliphatic heterocycles. The second-order valence-corrected chi connectivity index (χ2v) is 13.7. The number of allylic oxidation sites excluding steroid dienone is 3. The number of hydrogen-bond acceptors (Lipinski definition) is 6. The largest absolute Gasteiger partial charge is 0.872 e. The third kappa shape index (κ3) is 4.68. The van der Waals surface area contributed by atoms with E-state index in [2.05, 4.69) is 37.4 Å². The normalized spacial score (nSPS) is 14.4. The first-order valence-corrected chi connectivity index (χ1v) is 16.6. The van der Waals surface area contributed by atoms with Crippen LogP contribution >= 0.6 is 0 Å². The van der Waals surface area contributed by atoms with Gasteiger partial charge < -0.3 is 24.9 Å². The highest BCUT2D eigenvalue weighted by Crippen LogP contribution is 2.57. The van der Waals surface area contributed by atoms with Crippen LogP contribution in [0.4, 0.5) is 17.1 Å². The summed E-state index contributed by atoms with van der Waals surface area (Å²) in [4.78, 5) is 9.86. The standard InChI is InChI=1S/C43H38N6O2/c1-45-29(23-44)38-39(43(51)40(38)37-24-15-10-11-16-25(24)41(48(6)7)28-19-14-22-32(50)36(28)37)33-26-17-12-20-30(46(2)3)34(26)42(49(8)9)35-27(33)18-13-21-31(35)47(4)5/h10-22H,2-9H3,(H-,50,51)/b38-29+. The average Bonchev–Trinajstić information content (AvgIpc) is 3.10. The quantitative estimate of drug-likeness (QED) is 0.0985. The van der Waals surface area contributed by atoms with Gasteiger partial charge in [-0.1, -0.05) is 66.4 Å². The summed E-state index contributed by atoms with van der Waals surface area (Å²) < 4.78 is 2.11. The van der Waals surface area contributed by atoms with Gasteiger partial charge in [0.25, 0.3) is 5.70 Å². The molecule has 0 saturated carbocycles. The zero-order chi connectivity index (χ0) is 36.5. The van der Waals surface area contributed by atoms with Gasteiger partial charge in [0.1, 0.15) is 19.8 Å². The summed E-state index contributed by atoms with van der Waals surface area (Å²) in [5, 5.41) is 40.2. The maximum atomic E-state index is 15.2. The Morgan fingerprint density at radius 2 is 1.25 bits per heavy atom. The highest BCUT2D eigenvalue weighted by atomic mass is 16.3. The van der Waals surface area contributed by atoms with Crippen LogP contribution in [-0.4, -0.2) is 71.8 Å². The second-order valence-electron chi connectivity index (χ2n) is 13.7. The van der Waals surface area contributed by atoms with Crippen LogP contribution in [-0.2, 0) is 0 Å². The van der Waals surface area contributed by atoms with Gasteiger partial charge in [0.15, 0.2) is 0 Å². The first kappa shape index (κ1) is 33.0. The molecule has 2 aliphatic carbocycles. The van der Waals surface area contributed by atoms with Crippen molar-refractivity contribution in [1.82, 2.24) is 0 Å². The molecular weight excluding hydrogens is 633 g/mol. The lowest BCUT2D eigenvalue weighted by atomic mass is 9.68. The van der Waals surface area contributed by atoms with Crippen molar-refractivity contribution in [2.24, 2.45) is 0 Å². The summed E-state index contributed by atoms with van der Waals surface area (Å²) in [5.41, 5.74) is 9.38. The highest BCUT2D eigenvalue weighted by molar-refractivity contribution is 6.28. The van der Waals surface area contributed by atoms with Crippen LogP contribution < -0.4 is 19.8 Å². The Labute approximate surface area is 298 Å². The monoisotopic (exact) mass is 670 g/mol. The summed E-state index contributed by atoms with van der Waals surface area (Å²) in [5.74, 6) is -0.261. The van der Waals surface area contributed by atoms with Crippen molar-refractivity contribution in [2.45, 2.75) is 0 Å². The van der Waals surface area contributed by atoms with Gasteiger partial charge in [-0.15, -0.1) is 0 Å². The molecule has 0 fully saturated rings. The first-order chi connectivity index (χ1) is 24.4. The molecule has 0 bridgehead atoms. The van der Waals surface area contributed by atoms with Gasteiger partial charge in [-0.05, 0) is 57.0 Å². The lowest BCUT2D eigenvalue weighted by Crippen LogP contribution is -2.31. The highest BCUT2D eigenvalue weighted by Gasteiger charge is 2.41. The van der Waals surface area contributed by atoms with Crippen LogP contribution in [0, 0.1) is 17.9 Å². The minimum atomic E-state index is -0.278. The third-order valence-corrected chi connectivity index (χ3v) is 9.86. The van der Waals surface area contributed by atoms with E-state index in [1.54, 1.807) is 12.1 Å². The molecule has 0 atom stereocenters. The Bertz CT molecular complexity index is 2490. The van der Waals surface area contributed by atoms with Crippen LogP contribution in [0.1, 0.15) is 27.8 Å². The number of hydrogen-bond donors (Lipinski definition) is 1. The molecule has 0 heterocycles. The zero-order valence-electron chi connectivity index (χ0n) is 30.0. The lowest BCUT2D eigenvalue weighted by molar-refractivity contribution is -0.463. The summed E-state index contributed by atoms with van der Waals surface area (Å²) in [6.07, 6.45) is 0. The second kappa shape index (κ2) is 12.1. The predicted octanol–water partition coefficient (Wildman–Crippen LogP) is 6.60. The Morgan fingerprint density at radius 1 is 0.706 bits per heavy atom. The Balaban J connectivity index is 1.74. The Hall–Kier alpha value is -6.51. The average molecular weight is 671 g/mol.